The third-order valence-corrected chi connectivity index (χ3v) is 7.71. The number of carbonyl (C=O) groups is 3. The number of anilines is 2. The van der Waals surface area contributed by atoms with Gasteiger partial charge in [-0.2, -0.15) is 0 Å². The van der Waals surface area contributed by atoms with Crippen molar-refractivity contribution >= 4 is 39.9 Å². The molecule has 35 heavy (non-hydrogen) atoms. The largest absolute Gasteiger partial charge is 0.493 e. The molecule has 6 rings (SSSR count). The number of hydrogen-bond donors (Lipinski definition) is 1. The number of aromatic nitrogens is 1. The first kappa shape index (κ1) is 21.6. The van der Waals surface area contributed by atoms with Crippen molar-refractivity contribution in [3.63, 3.8) is 0 Å². The third-order valence-electron chi connectivity index (χ3n) is 6.64. The van der Waals surface area contributed by atoms with E-state index in [1.54, 1.807) is 41.3 Å². The second-order valence-electron chi connectivity index (χ2n) is 8.55. The van der Waals surface area contributed by atoms with Crippen LogP contribution in [0.2, 0.25) is 0 Å². The van der Waals surface area contributed by atoms with Gasteiger partial charge in [-0.1, -0.05) is 18.2 Å². The lowest BCUT2D eigenvalue weighted by atomic mass is 10.0. The van der Waals surface area contributed by atoms with Gasteiger partial charge >= 0.3 is 0 Å². The second-order valence-corrected chi connectivity index (χ2v) is 9.64. The van der Waals surface area contributed by atoms with E-state index in [4.69, 9.17) is 9.47 Å². The zero-order valence-corrected chi connectivity index (χ0v) is 20.0. The summed E-state index contributed by atoms with van der Waals surface area (Å²) in [5, 5.41) is 3.38. The lowest BCUT2D eigenvalue weighted by Gasteiger charge is -2.40. The number of carbonyl (C=O) groups excluding carboxylic acids is 3. The summed E-state index contributed by atoms with van der Waals surface area (Å²) < 4.78 is 10.9. The number of ether oxygens (including phenoxy) is 2. The first-order valence-corrected chi connectivity index (χ1v) is 12.1. The molecule has 0 saturated heterocycles. The molecule has 0 fully saturated rings. The predicted octanol–water partition coefficient (Wildman–Crippen LogP) is 3.40. The lowest BCUT2D eigenvalue weighted by Crippen LogP contribution is -2.50. The smallest absolute Gasteiger partial charge is 0.264 e. The van der Waals surface area contributed by atoms with E-state index in [9.17, 15) is 14.4 Å². The molecule has 3 amide bonds. The highest BCUT2D eigenvalue weighted by molar-refractivity contribution is 7.15. The van der Waals surface area contributed by atoms with Crippen LogP contribution in [-0.4, -0.2) is 48.4 Å². The van der Waals surface area contributed by atoms with Crippen molar-refractivity contribution in [2.24, 2.45) is 0 Å². The van der Waals surface area contributed by atoms with Crippen LogP contribution in [0, 0.1) is 0 Å². The number of fused-ring (bicyclic) bond motifs is 6. The Bertz CT molecular complexity index is 1380. The maximum atomic E-state index is 13.7. The van der Waals surface area contributed by atoms with Crippen molar-refractivity contribution in [2.45, 2.75) is 25.4 Å². The normalized spacial score (nSPS) is 17.6. The number of nitrogens with zero attached hydrogens (tertiary/aromatic N) is 3. The Kier molecular flexibility index (Phi) is 4.99. The Hall–Kier alpha value is -3.92. The number of nitrogens with one attached hydrogen (secondary N) is 1. The summed E-state index contributed by atoms with van der Waals surface area (Å²) in [5.41, 5.74) is 2.80. The van der Waals surface area contributed by atoms with Gasteiger partial charge in [0.05, 0.1) is 36.7 Å². The van der Waals surface area contributed by atoms with Crippen LogP contribution < -0.4 is 19.7 Å². The molecule has 0 radical (unpaired) electrons. The molecule has 1 N–H and O–H groups in total. The van der Waals surface area contributed by atoms with Crippen molar-refractivity contribution in [3.8, 4) is 11.5 Å². The summed E-state index contributed by atoms with van der Waals surface area (Å²) in [4.78, 5) is 49.1. The average molecular weight is 491 g/mol. The van der Waals surface area contributed by atoms with Gasteiger partial charge in [0.2, 0.25) is 5.91 Å². The fraction of sp³-hybridized carbons (Fsp3) is 0.280. The minimum absolute atomic E-state index is 0.236. The molecule has 1 aromatic heterocycles. The quantitative estimate of drug-likeness (QED) is 0.588. The number of benzene rings is 2. The van der Waals surface area contributed by atoms with Crippen molar-refractivity contribution in [1.29, 1.82) is 0 Å². The summed E-state index contributed by atoms with van der Waals surface area (Å²) >= 11 is 1.48. The molecule has 0 bridgehead atoms. The molecular weight excluding hydrogens is 468 g/mol. The SMILES string of the molecule is COc1ccc2c(c1OC)C(=O)N1c3ccccc3C(=O)N(CC(=O)Nc3nc4c(s3)CCC4)C21. The predicted molar refractivity (Wildman–Crippen MR) is 129 cm³/mol. The molecule has 1 atom stereocenters. The topological polar surface area (TPSA) is 101 Å². The summed E-state index contributed by atoms with van der Waals surface area (Å²) in [6, 6.07) is 10.4. The summed E-state index contributed by atoms with van der Waals surface area (Å²) in [6.07, 6.45) is 2.20. The van der Waals surface area contributed by atoms with E-state index in [0.717, 1.165) is 25.0 Å². The van der Waals surface area contributed by atoms with Crippen molar-refractivity contribution in [2.75, 3.05) is 31.0 Å². The average Bonchev–Trinajstić information content (AvgIpc) is 3.53. The third kappa shape index (κ3) is 3.20. The van der Waals surface area contributed by atoms with Gasteiger partial charge in [0, 0.05) is 10.4 Å². The van der Waals surface area contributed by atoms with Crippen molar-refractivity contribution in [3.05, 3.63) is 63.7 Å². The molecule has 10 heteroatoms. The van der Waals surface area contributed by atoms with Crippen LogP contribution in [0.4, 0.5) is 10.8 Å². The van der Waals surface area contributed by atoms with Gasteiger partial charge < -0.3 is 19.7 Å². The number of thiazole rings is 1. The van der Waals surface area contributed by atoms with Crippen molar-refractivity contribution < 1.29 is 23.9 Å². The van der Waals surface area contributed by atoms with Gasteiger partial charge in [-0.15, -0.1) is 11.3 Å². The fourth-order valence-electron chi connectivity index (χ4n) is 5.14. The highest BCUT2D eigenvalue weighted by Gasteiger charge is 2.50. The maximum absolute atomic E-state index is 13.7. The van der Waals surface area contributed by atoms with Crippen LogP contribution in [0.3, 0.4) is 0 Å². The van der Waals surface area contributed by atoms with E-state index in [0.29, 0.717) is 39.0 Å². The zero-order valence-electron chi connectivity index (χ0n) is 19.2. The molecule has 0 spiro atoms. The molecule has 1 unspecified atom stereocenters. The first-order valence-electron chi connectivity index (χ1n) is 11.3. The second kappa shape index (κ2) is 8.09. The lowest BCUT2D eigenvalue weighted by molar-refractivity contribution is -0.117. The Balaban J connectivity index is 1.40. The number of hydrogen-bond acceptors (Lipinski definition) is 7. The van der Waals surface area contributed by atoms with Crippen LogP contribution in [0.5, 0.6) is 11.5 Å². The van der Waals surface area contributed by atoms with Crippen LogP contribution in [0.1, 0.15) is 49.4 Å². The Morgan fingerprint density at radius 3 is 2.71 bits per heavy atom. The highest BCUT2D eigenvalue weighted by Crippen LogP contribution is 2.49. The standard InChI is InChI=1S/C25H22N4O5S/c1-33-17-11-10-14-20(21(17)34-2)24(32)29-16-8-4-3-6-13(16)23(31)28(22(14)29)12-19(30)27-25-26-15-7-5-9-18(15)35-25/h3-4,6,8,10-11,22H,5,7,9,12H2,1-2H3,(H,26,27,30). The van der Waals surface area contributed by atoms with E-state index >= 15 is 0 Å². The van der Waals surface area contributed by atoms with E-state index in [2.05, 4.69) is 10.3 Å². The van der Waals surface area contributed by atoms with Gasteiger partial charge in [-0.3, -0.25) is 19.3 Å². The molecule has 3 heterocycles. The van der Waals surface area contributed by atoms with Crippen LogP contribution >= 0.6 is 11.3 Å². The fourth-order valence-corrected chi connectivity index (χ4v) is 6.21. The number of rotatable bonds is 5. The van der Waals surface area contributed by atoms with E-state index in [1.165, 1.54) is 35.3 Å². The number of methoxy groups -OCH3 is 2. The Labute approximate surface area is 205 Å². The van der Waals surface area contributed by atoms with E-state index in [-0.39, 0.29) is 24.3 Å². The van der Waals surface area contributed by atoms with Gasteiger partial charge in [-0.25, -0.2) is 4.98 Å². The van der Waals surface area contributed by atoms with Crippen LogP contribution in [-0.2, 0) is 17.6 Å². The minimum Gasteiger partial charge on any atom is -0.493 e. The van der Waals surface area contributed by atoms with Gasteiger partial charge in [0.25, 0.3) is 11.8 Å². The van der Waals surface area contributed by atoms with E-state index in [1.807, 2.05) is 0 Å². The molecule has 2 aliphatic heterocycles. The summed E-state index contributed by atoms with van der Waals surface area (Å²) in [6.45, 7) is -0.236. The maximum Gasteiger partial charge on any atom is 0.264 e. The zero-order chi connectivity index (χ0) is 24.3. The molecule has 1 aliphatic carbocycles. The number of amides is 3. The molecule has 3 aliphatic rings. The van der Waals surface area contributed by atoms with Gasteiger partial charge in [-0.05, 0) is 37.5 Å². The van der Waals surface area contributed by atoms with Crippen LogP contribution in [0.15, 0.2) is 36.4 Å². The molecule has 178 valence electrons. The number of aryl methyl sites for hydroxylation is 2. The monoisotopic (exact) mass is 490 g/mol. The molecule has 2 aromatic carbocycles. The van der Waals surface area contributed by atoms with Gasteiger partial charge in [0.1, 0.15) is 12.7 Å². The molecular formula is C25H22N4O5S. The first-order chi connectivity index (χ1) is 17.0. The van der Waals surface area contributed by atoms with Crippen LogP contribution in [0.25, 0.3) is 0 Å². The molecule has 0 saturated carbocycles. The molecule has 3 aromatic rings. The van der Waals surface area contributed by atoms with Gasteiger partial charge in [0.15, 0.2) is 16.6 Å². The Morgan fingerprint density at radius 2 is 1.94 bits per heavy atom. The summed E-state index contributed by atoms with van der Waals surface area (Å²) in [7, 11) is 2.97. The highest BCUT2D eigenvalue weighted by atomic mass is 32.1. The summed E-state index contributed by atoms with van der Waals surface area (Å²) in [5.74, 6) is -0.292. The van der Waals surface area contributed by atoms with E-state index < -0.39 is 6.17 Å². The minimum atomic E-state index is -0.785. The number of para-hydroxylation sites is 1. The van der Waals surface area contributed by atoms with Crippen molar-refractivity contribution in [1.82, 2.24) is 9.88 Å². The Morgan fingerprint density at radius 1 is 1.11 bits per heavy atom. The molecule has 9 nitrogen and oxygen atoms in total.